The summed E-state index contributed by atoms with van der Waals surface area (Å²) >= 11 is 6.00. The minimum Gasteiger partial charge on any atom is -0.479 e. The lowest BCUT2D eigenvalue weighted by molar-refractivity contribution is -0.139. The third-order valence-electron chi connectivity index (χ3n) is 3.95. The molecule has 21 heavy (non-hydrogen) atoms. The molecule has 1 aliphatic carbocycles. The monoisotopic (exact) mass is 310 g/mol. The van der Waals surface area contributed by atoms with Crippen LogP contribution in [0.15, 0.2) is 24.3 Å². The number of benzene rings is 1. The molecular formula is C15H19ClN2O3. The molecule has 2 rings (SSSR count). The van der Waals surface area contributed by atoms with Gasteiger partial charge in [-0.1, -0.05) is 36.2 Å². The van der Waals surface area contributed by atoms with Crippen LogP contribution in [0.3, 0.4) is 0 Å². The minimum absolute atomic E-state index is 0.0411. The first-order valence-electron chi connectivity index (χ1n) is 7.03. The lowest BCUT2D eigenvalue weighted by atomic mass is 9.80. The number of carbonyl (C=O) groups is 2. The molecule has 1 aromatic carbocycles. The standard InChI is InChI=1S/C15H19ClN2O3/c1-9(10-5-4-6-10)17-15(21)18-13(14(19)20)11-7-2-3-8-12(11)16/h2-3,7-10,13H,4-6H2,1H3,(H,19,20)(H2,17,18,21)/t9?,13-/m1/s1. The van der Waals surface area contributed by atoms with Gasteiger partial charge in [0.1, 0.15) is 0 Å². The van der Waals surface area contributed by atoms with Gasteiger partial charge in [-0.25, -0.2) is 9.59 Å². The lowest BCUT2D eigenvalue weighted by Gasteiger charge is -2.32. The van der Waals surface area contributed by atoms with E-state index in [2.05, 4.69) is 10.6 Å². The Bertz CT molecular complexity index is 531. The quantitative estimate of drug-likeness (QED) is 0.782. The van der Waals surface area contributed by atoms with Crippen molar-refractivity contribution in [3.05, 3.63) is 34.9 Å². The Balaban J connectivity index is 2.01. The van der Waals surface area contributed by atoms with Gasteiger partial charge in [-0.2, -0.15) is 0 Å². The highest BCUT2D eigenvalue weighted by Crippen LogP contribution is 2.29. The van der Waals surface area contributed by atoms with E-state index in [9.17, 15) is 14.7 Å². The third-order valence-corrected chi connectivity index (χ3v) is 4.30. The van der Waals surface area contributed by atoms with Gasteiger partial charge in [-0.15, -0.1) is 0 Å². The molecule has 0 saturated heterocycles. The molecule has 0 spiro atoms. The van der Waals surface area contributed by atoms with Gasteiger partial charge in [-0.3, -0.25) is 0 Å². The zero-order valence-corrected chi connectivity index (χ0v) is 12.6. The van der Waals surface area contributed by atoms with E-state index in [0.717, 1.165) is 12.8 Å². The van der Waals surface area contributed by atoms with Crippen molar-refractivity contribution in [3.8, 4) is 0 Å². The van der Waals surface area contributed by atoms with Crippen molar-refractivity contribution in [2.24, 2.45) is 5.92 Å². The maximum Gasteiger partial charge on any atom is 0.331 e. The highest BCUT2D eigenvalue weighted by Gasteiger charge is 2.28. The molecule has 114 valence electrons. The zero-order valence-electron chi connectivity index (χ0n) is 11.8. The number of nitrogens with one attached hydrogen (secondary N) is 2. The van der Waals surface area contributed by atoms with E-state index in [4.69, 9.17) is 11.6 Å². The highest BCUT2D eigenvalue weighted by atomic mass is 35.5. The van der Waals surface area contributed by atoms with E-state index in [0.29, 0.717) is 16.5 Å². The molecule has 0 heterocycles. The van der Waals surface area contributed by atoms with E-state index >= 15 is 0 Å². The number of rotatable bonds is 5. The summed E-state index contributed by atoms with van der Waals surface area (Å²) in [4.78, 5) is 23.3. The summed E-state index contributed by atoms with van der Waals surface area (Å²) in [6, 6.07) is 4.99. The van der Waals surface area contributed by atoms with Crippen molar-refractivity contribution in [1.29, 1.82) is 0 Å². The van der Waals surface area contributed by atoms with Gasteiger partial charge in [0.15, 0.2) is 6.04 Å². The van der Waals surface area contributed by atoms with Gasteiger partial charge >= 0.3 is 12.0 Å². The minimum atomic E-state index is -1.16. The Morgan fingerprint density at radius 2 is 1.95 bits per heavy atom. The van der Waals surface area contributed by atoms with Crippen LogP contribution in [-0.2, 0) is 4.79 Å². The molecular weight excluding hydrogens is 292 g/mol. The molecule has 0 aromatic heterocycles. The fourth-order valence-electron chi connectivity index (χ4n) is 2.42. The topological polar surface area (TPSA) is 78.4 Å². The first-order chi connectivity index (χ1) is 9.99. The molecule has 1 saturated carbocycles. The maximum atomic E-state index is 12.0. The number of urea groups is 1. The summed E-state index contributed by atoms with van der Waals surface area (Å²) in [5.74, 6) is -0.658. The number of carboxylic acid groups (broad SMARTS) is 1. The van der Waals surface area contributed by atoms with Crippen LogP contribution < -0.4 is 10.6 Å². The van der Waals surface area contributed by atoms with Crippen molar-refractivity contribution in [2.45, 2.75) is 38.3 Å². The summed E-state index contributed by atoms with van der Waals surface area (Å²) in [7, 11) is 0. The Morgan fingerprint density at radius 1 is 1.29 bits per heavy atom. The first-order valence-corrected chi connectivity index (χ1v) is 7.41. The zero-order chi connectivity index (χ0) is 15.4. The van der Waals surface area contributed by atoms with Crippen molar-refractivity contribution in [1.82, 2.24) is 10.6 Å². The van der Waals surface area contributed by atoms with Gasteiger partial charge in [-0.05, 0) is 31.7 Å². The normalized spacial score (nSPS) is 17.4. The molecule has 2 amide bonds. The van der Waals surface area contributed by atoms with Crippen molar-refractivity contribution in [2.75, 3.05) is 0 Å². The molecule has 0 aliphatic heterocycles. The summed E-state index contributed by atoms with van der Waals surface area (Å²) < 4.78 is 0. The third kappa shape index (κ3) is 3.88. The summed E-state index contributed by atoms with van der Waals surface area (Å²) in [6.45, 7) is 1.94. The Kier molecular flexibility index (Phi) is 5.07. The van der Waals surface area contributed by atoms with E-state index in [-0.39, 0.29) is 6.04 Å². The van der Waals surface area contributed by atoms with E-state index < -0.39 is 18.0 Å². The van der Waals surface area contributed by atoms with Crippen LogP contribution >= 0.6 is 11.6 Å². The predicted octanol–water partition coefficient (Wildman–Crippen LogP) is 2.95. The molecule has 0 radical (unpaired) electrons. The lowest BCUT2D eigenvalue weighted by Crippen LogP contribution is -2.47. The van der Waals surface area contributed by atoms with Crippen molar-refractivity contribution >= 4 is 23.6 Å². The van der Waals surface area contributed by atoms with E-state index in [1.54, 1.807) is 24.3 Å². The molecule has 6 heteroatoms. The van der Waals surface area contributed by atoms with Crippen LogP contribution in [0.1, 0.15) is 37.8 Å². The molecule has 1 aromatic rings. The highest BCUT2D eigenvalue weighted by molar-refractivity contribution is 6.31. The van der Waals surface area contributed by atoms with Crippen molar-refractivity contribution < 1.29 is 14.7 Å². The second-order valence-corrected chi connectivity index (χ2v) is 5.80. The van der Waals surface area contributed by atoms with Gasteiger partial charge in [0.2, 0.25) is 0 Å². The van der Waals surface area contributed by atoms with E-state index in [1.165, 1.54) is 6.42 Å². The summed E-state index contributed by atoms with van der Waals surface area (Å²) in [6.07, 6.45) is 3.40. The van der Waals surface area contributed by atoms with Crippen LogP contribution in [-0.4, -0.2) is 23.1 Å². The Hall–Kier alpha value is -1.75. The van der Waals surface area contributed by atoms with Crippen LogP contribution in [0.2, 0.25) is 5.02 Å². The fraction of sp³-hybridized carbons (Fsp3) is 0.467. The SMILES string of the molecule is CC(NC(=O)N[C@@H](C(=O)O)c1ccccc1Cl)C1CCC1. The van der Waals surface area contributed by atoms with Crippen molar-refractivity contribution in [3.63, 3.8) is 0 Å². The van der Waals surface area contributed by atoms with Crippen LogP contribution in [0.4, 0.5) is 4.79 Å². The fourth-order valence-corrected chi connectivity index (χ4v) is 2.66. The van der Waals surface area contributed by atoms with Crippen LogP contribution in [0.25, 0.3) is 0 Å². The number of carbonyl (C=O) groups excluding carboxylic acids is 1. The van der Waals surface area contributed by atoms with Gasteiger partial charge in [0.05, 0.1) is 0 Å². The number of hydrogen-bond donors (Lipinski definition) is 3. The molecule has 2 atom stereocenters. The molecule has 1 aliphatic rings. The Morgan fingerprint density at radius 3 is 2.48 bits per heavy atom. The average Bonchev–Trinajstić information content (AvgIpc) is 2.34. The molecule has 3 N–H and O–H groups in total. The molecule has 1 fully saturated rings. The molecule has 0 bridgehead atoms. The second kappa shape index (κ2) is 6.80. The van der Waals surface area contributed by atoms with Gasteiger partial charge in [0, 0.05) is 16.6 Å². The average molecular weight is 311 g/mol. The molecule has 1 unspecified atom stereocenters. The largest absolute Gasteiger partial charge is 0.479 e. The summed E-state index contributed by atoms with van der Waals surface area (Å²) in [5, 5.41) is 14.9. The molecule has 5 nitrogen and oxygen atoms in total. The van der Waals surface area contributed by atoms with Crippen LogP contribution in [0, 0.1) is 5.92 Å². The number of amides is 2. The smallest absolute Gasteiger partial charge is 0.331 e. The second-order valence-electron chi connectivity index (χ2n) is 5.39. The van der Waals surface area contributed by atoms with Gasteiger partial charge < -0.3 is 15.7 Å². The van der Waals surface area contributed by atoms with Crippen LogP contribution in [0.5, 0.6) is 0 Å². The number of hydrogen-bond acceptors (Lipinski definition) is 2. The van der Waals surface area contributed by atoms with E-state index in [1.807, 2.05) is 6.92 Å². The first kappa shape index (κ1) is 15.6. The number of aliphatic carboxylic acids is 1. The summed E-state index contributed by atoms with van der Waals surface area (Å²) in [5.41, 5.74) is 0.373. The van der Waals surface area contributed by atoms with Gasteiger partial charge in [0.25, 0.3) is 0 Å². The number of halogens is 1. The number of carboxylic acids is 1. The Labute approximate surface area is 128 Å². The predicted molar refractivity (Wildman–Crippen MR) is 80.3 cm³/mol. The maximum absolute atomic E-state index is 12.0.